The molecule has 1 aliphatic rings. The van der Waals surface area contributed by atoms with E-state index < -0.39 is 5.97 Å². The maximum atomic E-state index is 10.5. The van der Waals surface area contributed by atoms with Gasteiger partial charge in [0.15, 0.2) is 0 Å². The van der Waals surface area contributed by atoms with Gasteiger partial charge in [-0.25, -0.2) is 4.79 Å². The van der Waals surface area contributed by atoms with Gasteiger partial charge in [-0.15, -0.1) is 0 Å². The first-order chi connectivity index (χ1) is 8.11. The minimum absolute atomic E-state index is 0.542. The van der Waals surface area contributed by atoms with Crippen LogP contribution in [0.3, 0.4) is 0 Å². The van der Waals surface area contributed by atoms with Gasteiger partial charge >= 0.3 is 5.97 Å². The number of carboxylic acids is 1. The largest absolute Gasteiger partial charge is 0.478 e. The van der Waals surface area contributed by atoms with Gasteiger partial charge in [-0.05, 0) is 45.8 Å². The van der Waals surface area contributed by atoms with E-state index in [1.165, 1.54) is 31.9 Å². The molecule has 98 valence electrons. The minimum atomic E-state index is -0.859. The summed E-state index contributed by atoms with van der Waals surface area (Å²) in [6.45, 7) is 8.27. The Bertz CT molecular complexity index is 269. The summed E-state index contributed by atoms with van der Waals surface area (Å²) in [7, 11) is 0. The highest BCUT2D eigenvalue weighted by atomic mass is 16.4. The van der Waals surface area contributed by atoms with E-state index >= 15 is 0 Å². The van der Waals surface area contributed by atoms with Crippen LogP contribution in [0.25, 0.3) is 0 Å². The van der Waals surface area contributed by atoms with Crippen LogP contribution in [-0.4, -0.2) is 48.2 Å². The first kappa shape index (κ1) is 14.2. The molecule has 17 heavy (non-hydrogen) atoms. The number of aliphatic carboxylic acids is 1. The van der Waals surface area contributed by atoms with Crippen LogP contribution in [-0.2, 0) is 4.79 Å². The molecular formula is C13H24N2O2. The Kier molecular flexibility index (Phi) is 6.22. The second-order valence-electron chi connectivity index (χ2n) is 4.83. The molecule has 0 aromatic heterocycles. The first-order valence-corrected chi connectivity index (χ1v) is 6.47. The Balaban J connectivity index is 2.20. The lowest BCUT2D eigenvalue weighted by Gasteiger charge is -2.32. The number of rotatable bonds is 6. The summed E-state index contributed by atoms with van der Waals surface area (Å²) in [5.74, 6) is -0.859. The lowest BCUT2D eigenvalue weighted by molar-refractivity contribution is -0.131. The van der Waals surface area contributed by atoms with Crippen molar-refractivity contribution < 1.29 is 9.90 Å². The Hall–Kier alpha value is -0.870. The minimum Gasteiger partial charge on any atom is -0.478 e. The normalized spacial score (nSPS) is 19.5. The predicted molar refractivity (Wildman–Crippen MR) is 69.1 cm³/mol. The van der Waals surface area contributed by atoms with Crippen LogP contribution in [0.5, 0.6) is 0 Å². The Labute approximate surface area is 104 Å². The number of nitrogens with one attached hydrogen (secondary N) is 1. The van der Waals surface area contributed by atoms with Crippen LogP contribution in [0.4, 0.5) is 0 Å². The highest BCUT2D eigenvalue weighted by molar-refractivity contribution is 5.80. The molecule has 0 aromatic carbocycles. The summed E-state index contributed by atoms with van der Waals surface area (Å²) >= 11 is 0. The zero-order chi connectivity index (χ0) is 12.7. The number of hydrogen-bond donors (Lipinski definition) is 2. The van der Waals surface area contributed by atoms with Gasteiger partial charge in [-0.1, -0.05) is 12.5 Å². The molecule has 1 heterocycles. The van der Waals surface area contributed by atoms with Gasteiger partial charge < -0.3 is 15.3 Å². The van der Waals surface area contributed by atoms with Crippen LogP contribution in [0.15, 0.2) is 11.6 Å². The van der Waals surface area contributed by atoms with E-state index in [9.17, 15) is 4.79 Å². The van der Waals surface area contributed by atoms with Gasteiger partial charge in [0.25, 0.3) is 0 Å². The summed E-state index contributed by atoms with van der Waals surface area (Å²) in [6.07, 6.45) is 4.83. The van der Waals surface area contributed by atoms with E-state index in [2.05, 4.69) is 17.1 Å². The third kappa shape index (κ3) is 5.84. The monoisotopic (exact) mass is 240 g/mol. The van der Waals surface area contributed by atoms with Crippen LogP contribution >= 0.6 is 0 Å². The van der Waals surface area contributed by atoms with Gasteiger partial charge in [0, 0.05) is 18.7 Å². The maximum absolute atomic E-state index is 10.5. The lowest BCUT2D eigenvalue weighted by Crippen LogP contribution is -2.43. The molecule has 0 saturated carbocycles. The number of piperidine rings is 1. The van der Waals surface area contributed by atoms with E-state index in [0.717, 1.165) is 18.7 Å². The number of nitrogens with zero attached hydrogens (tertiary/aromatic N) is 1. The van der Waals surface area contributed by atoms with Crippen molar-refractivity contribution in [3.05, 3.63) is 11.6 Å². The average Bonchev–Trinajstić information content (AvgIpc) is 2.28. The van der Waals surface area contributed by atoms with E-state index in [0.29, 0.717) is 12.6 Å². The van der Waals surface area contributed by atoms with Crippen LogP contribution in [0.2, 0.25) is 0 Å². The fourth-order valence-corrected chi connectivity index (χ4v) is 2.24. The van der Waals surface area contributed by atoms with Gasteiger partial charge in [0.2, 0.25) is 0 Å². The molecule has 0 bridgehead atoms. The molecule has 1 saturated heterocycles. The Morgan fingerprint density at radius 3 is 2.65 bits per heavy atom. The topological polar surface area (TPSA) is 52.6 Å². The molecule has 0 amide bonds. The number of carboxylic acid groups (broad SMARTS) is 1. The van der Waals surface area contributed by atoms with Crippen molar-refractivity contribution >= 4 is 5.97 Å². The SMILES string of the molecule is CCCN1CCC(NCC(C)=CC(=O)O)CC1. The smallest absolute Gasteiger partial charge is 0.328 e. The summed E-state index contributed by atoms with van der Waals surface area (Å²) in [4.78, 5) is 13.0. The van der Waals surface area contributed by atoms with Crippen molar-refractivity contribution in [2.45, 2.75) is 39.2 Å². The number of likely N-dealkylation sites (tertiary alicyclic amines) is 1. The van der Waals surface area contributed by atoms with Crippen LogP contribution in [0, 0.1) is 0 Å². The van der Waals surface area contributed by atoms with Crippen molar-refractivity contribution in [1.29, 1.82) is 0 Å². The van der Waals surface area contributed by atoms with Crippen molar-refractivity contribution in [3.63, 3.8) is 0 Å². The van der Waals surface area contributed by atoms with E-state index in [1.807, 2.05) is 6.92 Å². The number of hydrogen-bond acceptors (Lipinski definition) is 3. The predicted octanol–water partition coefficient (Wildman–Crippen LogP) is 1.48. The number of carbonyl (C=O) groups is 1. The van der Waals surface area contributed by atoms with Gasteiger partial charge in [0.05, 0.1) is 0 Å². The van der Waals surface area contributed by atoms with Crippen molar-refractivity contribution in [2.24, 2.45) is 0 Å². The Morgan fingerprint density at radius 1 is 1.47 bits per heavy atom. The van der Waals surface area contributed by atoms with Crippen LogP contribution < -0.4 is 5.32 Å². The van der Waals surface area contributed by atoms with Crippen molar-refractivity contribution in [1.82, 2.24) is 10.2 Å². The molecule has 4 heteroatoms. The van der Waals surface area contributed by atoms with Gasteiger partial charge in [-0.2, -0.15) is 0 Å². The van der Waals surface area contributed by atoms with Gasteiger partial charge in [-0.3, -0.25) is 0 Å². The fraction of sp³-hybridized carbons (Fsp3) is 0.769. The quantitative estimate of drug-likeness (QED) is 0.691. The highest BCUT2D eigenvalue weighted by Gasteiger charge is 2.17. The Morgan fingerprint density at radius 2 is 2.12 bits per heavy atom. The molecule has 1 fully saturated rings. The molecule has 0 spiro atoms. The van der Waals surface area contributed by atoms with Crippen molar-refractivity contribution in [3.8, 4) is 0 Å². The van der Waals surface area contributed by atoms with Gasteiger partial charge in [0.1, 0.15) is 0 Å². The van der Waals surface area contributed by atoms with Crippen molar-refractivity contribution in [2.75, 3.05) is 26.2 Å². The molecule has 0 radical (unpaired) electrons. The zero-order valence-corrected chi connectivity index (χ0v) is 10.9. The molecule has 0 unspecified atom stereocenters. The first-order valence-electron chi connectivity index (χ1n) is 6.47. The standard InChI is InChI=1S/C13H24N2O2/c1-3-6-15-7-4-12(5-8-15)14-10-11(2)9-13(16)17/h9,12,14H,3-8,10H2,1-2H3,(H,16,17). The molecule has 1 rings (SSSR count). The molecule has 0 atom stereocenters. The molecule has 1 aliphatic heterocycles. The summed E-state index contributed by atoms with van der Waals surface area (Å²) < 4.78 is 0. The summed E-state index contributed by atoms with van der Waals surface area (Å²) in [5, 5.41) is 12.0. The zero-order valence-electron chi connectivity index (χ0n) is 10.9. The second kappa shape index (κ2) is 7.45. The third-order valence-corrected chi connectivity index (χ3v) is 3.17. The summed E-state index contributed by atoms with van der Waals surface area (Å²) in [5.41, 5.74) is 0.883. The maximum Gasteiger partial charge on any atom is 0.328 e. The average molecular weight is 240 g/mol. The molecule has 2 N–H and O–H groups in total. The van der Waals surface area contributed by atoms with E-state index in [1.54, 1.807) is 0 Å². The molecule has 0 aromatic rings. The molecular weight excluding hydrogens is 216 g/mol. The van der Waals surface area contributed by atoms with E-state index in [-0.39, 0.29) is 0 Å². The molecule has 0 aliphatic carbocycles. The summed E-state index contributed by atoms with van der Waals surface area (Å²) in [6, 6.07) is 0.542. The van der Waals surface area contributed by atoms with Crippen LogP contribution in [0.1, 0.15) is 33.1 Å². The third-order valence-electron chi connectivity index (χ3n) is 3.17. The second-order valence-corrected chi connectivity index (χ2v) is 4.83. The molecule has 4 nitrogen and oxygen atoms in total. The lowest BCUT2D eigenvalue weighted by atomic mass is 10.0. The highest BCUT2D eigenvalue weighted by Crippen LogP contribution is 2.10. The fourth-order valence-electron chi connectivity index (χ4n) is 2.24. The van der Waals surface area contributed by atoms with E-state index in [4.69, 9.17) is 5.11 Å².